The highest BCUT2D eigenvalue weighted by Crippen LogP contribution is 2.29. The Labute approximate surface area is 160 Å². The van der Waals surface area contributed by atoms with Crippen LogP contribution in [0.2, 0.25) is 0 Å². The molecule has 1 fully saturated rings. The molecule has 0 bridgehead atoms. The summed E-state index contributed by atoms with van der Waals surface area (Å²) in [6, 6.07) is 3.62. The van der Waals surface area contributed by atoms with Crippen LogP contribution in [0.4, 0.5) is 5.82 Å². The fourth-order valence-corrected chi connectivity index (χ4v) is 3.74. The zero-order valence-electron chi connectivity index (χ0n) is 15.7. The predicted molar refractivity (Wildman–Crippen MR) is 104 cm³/mol. The van der Waals surface area contributed by atoms with Crippen molar-refractivity contribution in [2.75, 3.05) is 18.0 Å². The summed E-state index contributed by atoms with van der Waals surface area (Å²) in [6.45, 7) is 3.64. The molecule has 9 nitrogen and oxygen atoms in total. The molecule has 0 aromatic carbocycles. The molecule has 0 radical (unpaired) electrons. The van der Waals surface area contributed by atoms with Crippen LogP contribution in [-0.4, -0.2) is 47.2 Å². The Morgan fingerprint density at radius 3 is 2.93 bits per heavy atom. The number of rotatable bonds is 3. The molecule has 0 spiro atoms. The maximum Gasteiger partial charge on any atom is 0.266 e. The van der Waals surface area contributed by atoms with Crippen molar-refractivity contribution >= 4 is 11.5 Å². The number of nitrogens with zero attached hydrogens (tertiary/aromatic N) is 7. The van der Waals surface area contributed by atoms with Crippen LogP contribution in [0.15, 0.2) is 41.7 Å². The van der Waals surface area contributed by atoms with Crippen molar-refractivity contribution in [2.24, 2.45) is 7.05 Å². The Balaban J connectivity index is 1.44. The summed E-state index contributed by atoms with van der Waals surface area (Å²) in [4.78, 5) is 31.9. The second-order valence-corrected chi connectivity index (χ2v) is 7.18. The molecule has 5 heterocycles. The smallest absolute Gasteiger partial charge is 0.266 e. The Bertz CT molecular complexity index is 1220. The number of fused-ring (bicyclic) bond motifs is 1. The maximum absolute atomic E-state index is 11.7. The quantitative estimate of drug-likeness (QED) is 0.582. The summed E-state index contributed by atoms with van der Waals surface area (Å²) in [5.74, 6) is 1.80. The van der Waals surface area contributed by atoms with Gasteiger partial charge in [-0.2, -0.15) is 0 Å². The number of nitrogens with one attached hydrogen (secondary N) is 1. The van der Waals surface area contributed by atoms with E-state index in [0.717, 1.165) is 48.1 Å². The van der Waals surface area contributed by atoms with Gasteiger partial charge in [-0.25, -0.2) is 15.0 Å². The molecule has 1 N–H and O–H groups in total. The molecule has 5 rings (SSSR count). The summed E-state index contributed by atoms with van der Waals surface area (Å²) in [7, 11) is 1.74. The van der Waals surface area contributed by atoms with Crippen LogP contribution in [0.25, 0.3) is 17.2 Å². The lowest BCUT2D eigenvalue weighted by molar-refractivity contribution is 0.675. The summed E-state index contributed by atoms with van der Waals surface area (Å²) in [5, 5.41) is 3.14. The van der Waals surface area contributed by atoms with Crippen LogP contribution >= 0.6 is 0 Å². The molecule has 142 valence electrons. The van der Waals surface area contributed by atoms with E-state index in [1.165, 1.54) is 4.68 Å². The molecule has 0 saturated carbocycles. The van der Waals surface area contributed by atoms with E-state index in [2.05, 4.69) is 25.0 Å². The largest absolute Gasteiger partial charge is 0.356 e. The predicted octanol–water partition coefficient (Wildman–Crippen LogP) is 1.52. The van der Waals surface area contributed by atoms with E-state index < -0.39 is 0 Å². The second-order valence-electron chi connectivity index (χ2n) is 7.18. The van der Waals surface area contributed by atoms with E-state index in [0.29, 0.717) is 5.82 Å². The second kappa shape index (κ2) is 6.29. The lowest BCUT2D eigenvalue weighted by Gasteiger charge is -2.17. The van der Waals surface area contributed by atoms with Crippen LogP contribution in [0.1, 0.15) is 23.7 Å². The van der Waals surface area contributed by atoms with Gasteiger partial charge in [0.25, 0.3) is 5.56 Å². The first-order valence-corrected chi connectivity index (χ1v) is 9.22. The van der Waals surface area contributed by atoms with Gasteiger partial charge in [0.1, 0.15) is 11.5 Å². The highest BCUT2D eigenvalue weighted by molar-refractivity contribution is 5.58. The molecule has 0 amide bonds. The van der Waals surface area contributed by atoms with E-state index in [9.17, 15) is 4.79 Å². The Morgan fingerprint density at radius 2 is 2.11 bits per heavy atom. The van der Waals surface area contributed by atoms with Crippen LogP contribution < -0.4 is 10.5 Å². The normalized spacial score (nSPS) is 16.9. The SMILES string of the molecule is Cc1cn2c(-c3nccc(N4CCC(c5cc(=O)n(C)[nH]5)C4)n3)cnc2cn1. The molecule has 1 aliphatic heterocycles. The van der Waals surface area contributed by atoms with Crippen molar-refractivity contribution in [1.29, 1.82) is 0 Å². The Hall–Kier alpha value is -3.49. The highest BCUT2D eigenvalue weighted by atomic mass is 16.1. The maximum atomic E-state index is 11.7. The highest BCUT2D eigenvalue weighted by Gasteiger charge is 2.27. The Kier molecular flexibility index (Phi) is 3.75. The lowest BCUT2D eigenvalue weighted by Crippen LogP contribution is -2.21. The average molecular weight is 376 g/mol. The van der Waals surface area contributed by atoms with Crippen LogP contribution in [-0.2, 0) is 7.05 Å². The van der Waals surface area contributed by atoms with Gasteiger partial charge in [-0.3, -0.25) is 24.0 Å². The first kappa shape index (κ1) is 16.7. The molecule has 4 aromatic heterocycles. The fraction of sp³-hybridized carbons (Fsp3) is 0.316. The first-order chi connectivity index (χ1) is 13.6. The number of imidazole rings is 1. The van der Waals surface area contributed by atoms with Crippen molar-refractivity contribution in [3.63, 3.8) is 0 Å². The van der Waals surface area contributed by atoms with Crippen molar-refractivity contribution in [2.45, 2.75) is 19.3 Å². The molecular weight excluding hydrogens is 356 g/mol. The molecule has 4 aromatic rings. The molecular formula is C19H20N8O. The summed E-state index contributed by atoms with van der Waals surface area (Å²) >= 11 is 0. The molecule has 1 atom stereocenters. The van der Waals surface area contributed by atoms with Crippen LogP contribution in [0.5, 0.6) is 0 Å². The van der Waals surface area contributed by atoms with Gasteiger partial charge in [0, 0.05) is 50.2 Å². The summed E-state index contributed by atoms with van der Waals surface area (Å²) in [6.07, 6.45) is 8.21. The standard InChI is InChI=1S/C19H20N8O/c1-12-10-27-15(8-22-17(27)9-21-12)19-20-5-3-16(23-19)26-6-4-13(11-26)14-7-18(28)25(2)24-14/h3,5,7-10,13,24H,4,6,11H2,1-2H3. The molecule has 28 heavy (non-hydrogen) atoms. The van der Waals surface area contributed by atoms with Gasteiger partial charge in [0.05, 0.1) is 18.1 Å². The third-order valence-corrected chi connectivity index (χ3v) is 5.25. The van der Waals surface area contributed by atoms with Crippen molar-refractivity contribution in [3.8, 4) is 11.5 Å². The molecule has 1 saturated heterocycles. The fourth-order valence-electron chi connectivity index (χ4n) is 3.74. The zero-order valence-corrected chi connectivity index (χ0v) is 15.7. The third kappa shape index (κ3) is 2.75. The van der Waals surface area contributed by atoms with E-state index >= 15 is 0 Å². The number of aromatic amines is 1. The van der Waals surface area contributed by atoms with Gasteiger partial charge in [-0.1, -0.05) is 0 Å². The van der Waals surface area contributed by atoms with Gasteiger partial charge in [-0.05, 0) is 19.4 Å². The van der Waals surface area contributed by atoms with Gasteiger partial charge in [-0.15, -0.1) is 0 Å². The van der Waals surface area contributed by atoms with Crippen molar-refractivity contribution < 1.29 is 0 Å². The van der Waals surface area contributed by atoms with E-state index in [1.54, 1.807) is 31.7 Å². The van der Waals surface area contributed by atoms with E-state index in [-0.39, 0.29) is 11.5 Å². The first-order valence-electron chi connectivity index (χ1n) is 9.22. The lowest BCUT2D eigenvalue weighted by atomic mass is 10.1. The molecule has 9 heteroatoms. The number of anilines is 1. The number of H-pyrrole nitrogens is 1. The number of hydrogen-bond acceptors (Lipinski definition) is 6. The minimum Gasteiger partial charge on any atom is -0.356 e. The van der Waals surface area contributed by atoms with Crippen LogP contribution in [0.3, 0.4) is 0 Å². The number of aryl methyl sites for hydroxylation is 2. The van der Waals surface area contributed by atoms with Crippen LogP contribution in [0, 0.1) is 6.92 Å². The molecule has 1 aliphatic rings. The average Bonchev–Trinajstić information content (AvgIpc) is 3.41. The summed E-state index contributed by atoms with van der Waals surface area (Å²) in [5.41, 5.74) is 3.49. The van der Waals surface area contributed by atoms with Gasteiger partial charge in [0.2, 0.25) is 0 Å². The van der Waals surface area contributed by atoms with E-state index in [4.69, 9.17) is 4.98 Å². The topological polar surface area (TPSA) is 97.0 Å². The minimum absolute atomic E-state index is 0.00448. The van der Waals surface area contributed by atoms with Gasteiger partial charge in [0.15, 0.2) is 11.5 Å². The minimum atomic E-state index is -0.00448. The zero-order chi connectivity index (χ0) is 19.3. The van der Waals surface area contributed by atoms with Gasteiger partial charge >= 0.3 is 0 Å². The number of hydrogen-bond donors (Lipinski definition) is 1. The summed E-state index contributed by atoms with van der Waals surface area (Å²) < 4.78 is 3.48. The monoisotopic (exact) mass is 376 g/mol. The molecule has 1 unspecified atom stereocenters. The number of aromatic nitrogens is 7. The molecule has 0 aliphatic carbocycles. The van der Waals surface area contributed by atoms with Gasteiger partial charge < -0.3 is 4.90 Å². The van der Waals surface area contributed by atoms with Crippen molar-refractivity contribution in [3.05, 3.63) is 58.7 Å². The Morgan fingerprint density at radius 1 is 1.21 bits per heavy atom. The van der Waals surface area contributed by atoms with E-state index in [1.807, 2.05) is 23.6 Å². The third-order valence-electron chi connectivity index (χ3n) is 5.25. The van der Waals surface area contributed by atoms with Crippen molar-refractivity contribution in [1.82, 2.24) is 34.1 Å².